The van der Waals surface area contributed by atoms with Crippen LogP contribution in [-0.4, -0.2) is 17.3 Å². The van der Waals surface area contributed by atoms with Gasteiger partial charge in [0.2, 0.25) is 5.88 Å². The smallest absolute Gasteiger partial charge is 0.439 e. The van der Waals surface area contributed by atoms with Gasteiger partial charge in [-0.05, 0) is 48.0 Å². The molecule has 164 valence electrons. The summed E-state index contributed by atoms with van der Waals surface area (Å²) in [5, 5.41) is 2.58. The summed E-state index contributed by atoms with van der Waals surface area (Å²) in [5.74, 6) is -0.242. The van der Waals surface area contributed by atoms with Crippen LogP contribution < -0.4 is 20.5 Å². The molecule has 0 fully saturated rings. The third kappa shape index (κ3) is 7.92. The summed E-state index contributed by atoms with van der Waals surface area (Å²) < 4.78 is 59.9. The third-order valence-corrected chi connectivity index (χ3v) is 3.64. The first-order valence-electron chi connectivity index (χ1n) is 8.58. The fourth-order valence-corrected chi connectivity index (χ4v) is 2.37. The molecule has 0 aliphatic carbocycles. The first-order chi connectivity index (χ1) is 14.3. The van der Waals surface area contributed by atoms with Gasteiger partial charge in [0.05, 0.1) is 12.2 Å². The molecule has 3 rings (SSSR count). The van der Waals surface area contributed by atoms with Crippen molar-refractivity contribution in [2.45, 2.75) is 12.9 Å². The predicted molar refractivity (Wildman–Crippen MR) is 118 cm³/mol. The minimum absolute atomic E-state index is 0. The highest BCUT2D eigenvalue weighted by atomic mass is 127. The van der Waals surface area contributed by atoms with Crippen LogP contribution in [0.3, 0.4) is 0 Å². The van der Waals surface area contributed by atoms with Crippen molar-refractivity contribution in [2.75, 3.05) is 5.32 Å². The van der Waals surface area contributed by atoms with E-state index in [0.717, 1.165) is 6.07 Å². The Balaban J connectivity index is 0.00000341. The van der Waals surface area contributed by atoms with Crippen LogP contribution in [0.5, 0.6) is 17.4 Å². The molecule has 0 bridgehead atoms. The average molecular weight is 548 g/mol. The Kier molecular flexibility index (Phi) is 8.42. The zero-order chi connectivity index (χ0) is 21.6. The normalized spacial score (nSPS) is 11.4. The summed E-state index contributed by atoms with van der Waals surface area (Å²) in [6, 6.07) is 14.2. The Hall–Kier alpha value is -3.09. The SMILES string of the molecule is I.NC(=NCc1ccnc(Oc2ccc(F)cc2)c1)Nc1ccccc1OC(F)(F)F. The number of nitrogens with one attached hydrogen (secondary N) is 1. The van der Waals surface area contributed by atoms with E-state index in [1.54, 1.807) is 12.1 Å². The largest absolute Gasteiger partial charge is 0.573 e. The third-order valence-electron chi connectivity index (χ3n) is 3.64. The highest BCUT2D eigenvalue weighted by molar-refractivity contribution is 14.0. The Morgan fingerprint density at radius 3 is 2.48 bits per heavy atom. The molecule has 31 heavy (non-hydrogen) atoms. The molecule has 0 saturated heterocycles. The fraction of sp³-hybridized carbons (Fsp3) is 0.100. The number of ether oxygens (including phenoxy) is 2. The maximum atomic E-state index is 13.0. The van der Waals surface area contributed by atoms with Crippen LogP contribution in [-0.2, 0) is 6.54 Å². The molecule has 0 spiro atoms. The van der Waals surface area contributed by atoms with Crippen molar-refractivity contribution in [3.8, 4) is 17.4 Å². The van der Waals surface area contributed by atoms with E-state index in [4.69, 9.17) is 10.5 Å². The van der Waals surface area contributed by atoms with Crippen LogP contribution in [0, 0.1) is 5.82 Å². The van der Waals surface area contributed by atoms with Crippen LogP contribution in [0.15, 0.2) is 71.9 Å². The number of pyridine rings is 1. The van der Waals surface area contributed by atoms with Crippen molar-refractivity contribution in [1.82, 2.24) is 4.98 Å². The number of anilines is 1. The van der Waals surface area contributed by atoms with Gasteiger partial charge < -0.3 is 20.5 Å². The van der Waals surface area contributed by atoms with Gasteiger partial charge in [0, 0.05) is 12.3 Å². The maximum absolute atomic E-state index is 13.0. The molecule has 6 nitrogen and oxygen atoms in total. The summed E-state index contributed by atoms with van der Waals surface area (Å²) in [6.07, 6.45) is -3.33. The average Bonchev–Trinajstić information content (AvgIpc) is 2.69. The number of alkyl halides is 3. The van der Waals surface area contributed by atoms with Gasteiger partial charge in [0.25, 0.3) is 0 Å². The monoisotopic (exact) mass is 548 g/mol. The molecule has 3 aromatic rings. The molecule has 11 heteroatoms. The molecule has 0 aliphatic rings. The zero-order valence-corrected chi connectivity index (χ0v) is 18.1. The van der Waals surface area contributed by atoms with Crippen LogP contribution in [0.2, 0.25) is 0 Å². The van der Waals surface area contributed by atoms with Gasteiger partial charge in [-0.2, -0.15) is 0 Å². The maximum Gasteiger partial charge on any atom is 0.573 e. The number of guanidine groups is 1. The molecule has 0 radical (unpaired) electrons. The molecule has 0 atom stereocenters. The van der Waals surface area contributed by atoms with Crippen molar-refractivity contribution in [2.24, 2.45) is 10.7 Å². The second kappa shape index (κ2) is 10.8. The van der Waals surface area contributed by atoms with E-state index in [1.165, 1.54) is 48.7 Å². The number of nitrogens with two attached hydrogens (primary N) is 1. The lowest BCUT2D eigenvalue weighted by atomic mass is 10.2. The van der Waals surface area contributed by atoms with Gasteiger partial charge in [-0.3, -0.25) is 0 Å². The minimum Gasteiger partial charge on any atom is -0.439 e. The van der Waals surface area contributed by atoms with E-state index >= 15 is 0 Å². The number of hydrogen-bond acceptors (Lipinski definition) is 4. The number of nitrogens with zero attached hydrogens (tertiary/aromatic N) is 2. The Morgan fingerprint density at radius 2 is 1.77 bits per heavy atom. The number of aliphatic imine (C=N–C) groups is 1. The quantitative estimate of drug-likeness (QED) is 0.185. The minimum atomic E-state index is -4.83. The van der Waals surface area contributed by atoms with Crippen molar-refractivity contribution in [3.05, 3.63) is 78.2 Å². The topological polar surface area (TPSA) is 81.8 Å². The van der Waals surface area contributed by atoms with E-state index in [2.05, 4.69) is 20.0 Å². The number of halogens is 5. The Labute approximate surface area is 192 Å². The van der Waals surface area contributed by atoms with Gasteiger partial charge >= 0.3 is 6.36 Å². The summed E-state index contributed by atoms with van der Waals surface area (Å²) in [6.45, 7) is 0.115. The number of hydrogen-bond donors (Lipinski definition) is 2. The summed E-state index contributed by atoms with van der Waals surface area (Å²) in [5.41, 5.74) is 6.49. The van der Waals surface area contributed by atoms with Gasteiger partial charge in [0.15, 0.2) is 11.7 Å². The first-order valence-corrected chi connectivity index (χ1v) is 8.58. The lowest BCUT2D eigenvalue weighted by molar-refractivity contribution is -0.274. The standard InChI is InChI=1S/C20H16F4N4O2.HI/c21-14-5-7-15(8-6-14)29-18-11-13(9-10-26-18)12-27-19(25)28-16-3-1-2-4-17(16)30-20(22,23)24;/h1-11H,12H2,(H3,25,27,28);1H. The van der Waals surface area contributed by atoms with Crippen molar-refractivity contribution in [1.29, 1.82) is 0 Å². The predicted octanol–water partition coefficient (Wildman–Crippen LogP) is 5.46. The second-order valence-corrected chi connectivity index (χ2v) is 5.93. The first kappa shape index (κ1) is 24.2. The van der Waals surface area contributed by atoms with Gasteiger partial charge in [-0.1, -0.05) is 12.1 Å². The molecule has 1 heterocycles. The molecule has 0 unspecified atom stereocenters. The van der Waals surface area contributed by atoms with Crippen LogP contribution in [0.1, 0.15) is 5.56 Å². The summed E-state index contributed by atoms with van der Waals surface area (Å²) in [4.78, 5) is 8.16. The lowest BCUT2D eigenvalue weighted by Crippen LogP contribution is -2.24. The Bertz CT molecular complexity index is 1030. The number of aromatic nitrogens is 1. The van der Waals surface area contributed by atoms with Crippen molar-refractivity contribution >= 4 is 35.6 Å². The van der Waals surface area contributed by atoms with Crippen LogP contribution in [0.4, 0.5) is 23.2 Å². The van der Waals surface area contributed by atoms with Crippen molar-refractivity contribution < 1.29 is 27.0 Å². The molecular weight excluding hydrogens is 531 g/mol. The molecular formula is C20H17F4IN4O2. The van der Waals surface area contributed by atoms with Gasteiger partial charge in [-0.25, -0.2) is 14.4 Å². The van der Waals surface area contributed by atoms with Gasteiger partial charge in [0.1, 0.15) is 11.6 Å². The molecule has 0 saturated carbocycles. The van der Waals surface area contributed by atoms with Crippen molar-refractivity contribution in [3.63, 3.8) is 0 Å². The second-order valence-electron chi connectivity index (χ2n) is 5.93. The van der Waals surface area contributed by atoms with E-state index < -0.39 is 12.1 Å². The van der Waals surface area contributed by atoms with E-state index in [0.29, 0.717) is 11.3 Å². The summed E-state index contributed by atoms with van der Waals surface area (Å²) in [7, 11) is 0. The molecule has 0 aliphatic heterocycles. The Morgan fingerprint density at radius 1 is 1.06 bits per heavy atom. The zero-order valence-electron chi connectivity index (χ0n) is 15.8. The molecule has 0 amide bonds. The molecule has 2 aromatic carbocycles. The number of para-hydroxylation sites is 2. The molecule has 3 N–H and O–H groups in total. The lowest BCUT2D eigenvalue weighted by Gasteiger charge is -2.14. The van der Waals surface area contributed by atoms with E-state index in [9.17, 15) is 17.6 Å². The van der Waals surface area contributed by atoms with Gasteiger partial charge in [-0.15, -0.1) is 37.1 Å². The number of rotatable bonds is 6. The van der Waals surface area contributed by atoms with Crippen LogP contribution >= 0.6 is 24.0 Å². The number of benzene rings is 2. The van der Waals surface area contributed by atoms with Crippen LogP contribution in [0.25, 0.3) is 0 Å². The highest BCUT2D eigenvalue weighted by Crippen LogP contribution is 2.29. The summed E-state index contributed by atoms with van der Waals surface area (Å²) >= 11 is 0. The fourth-order valence-electron chi connectivity index (χ4n) is 2.37. The van der Waals surface area contributed by atoms with E-state index in [-0.39, 0.29) is 53.9 Å². The highest BCUT2D eigenvalue weighted by Gasteiger charge is 2.32. The molecule has 1 aromatic heterocycles. The van der Waals surface area contributed by atoms with E-state index in [1.807, 2.05) is 0 Å².